The highest BCUT2D eigenvalue weighted by Gasteiger charge is 2.19. The minimum absolute atomic E-state index is 0.0998. The van der Waals surface area contributed by atoms with Crippen molar-refractivity contribution in [3.63, 3.8) is 0 Å². The van der Waals surface area contributed by atoms with Crippen molar-refractivity contribution in [1.29, 1.82) is 0 Å². The number of allylic oxidation sites excluding steroid dienone is 20. The van der Waals surface area contributed by atoms with Crippen LogP contribution in [0.1, 0.15) is 245 Å². The molecule has 0 rings (SSSR count). The van der Waals surface area contributed by atoms with Gasteiger partial charge in [-0.05, 0) is 109 Å². The first kappa shape index (κ1) is 65.8. The van der Waals surface area contributed by atoms with Gasteiger partial charge in [0.2, 0.25) is 0 Å². The van der Waals surface area contributed by atoms with Crippen LogP contribution in [-0.4, -0.2) is 37.2 Å². The number of unbranched alkanes of at least 4 members (excludes halogenated alkanes) is 19. The summed E-state index contributed by atoms with van der Waals surface area (Å²) in [5.41, 5.74) is 0. The minimum atomic E-state index is -0.803. The van der Waals surface area contributed by atoms with E-state index in [0.29, 0.717) is 19.3 Å². The Morgan fingerprint density at radius 1 is 0.300 bits per heavy atom. The van der Waals surface area contributed by atoms with Crippen molar-refractivity contribution in [3.05, 3.63) is 122 Å². The summed E-state index contributed by atoms with van der Waals surface area (Å²) in [4.78, 5) is 37.8. The normalized spacial score (nSPS) is 13.0. The van der Waals surface area contributed by atoms with E-state index < -0.39 is 6.10 Å². The topological polar surface area (TPSA) is 78.9 Å². The number of carbonyl (C=O) groups excluding carboxylic acids is 3. The van der Waals surface area contributed by atoms with E-state index in [1.165, 1.54) is 96.3 Å². The van der Waals surface area contributed by atoms with Crippen LogP contribution in [0.5, 0.6) is 0 Å². The van der Waals surface area contributed by atoms with Gasteiger partial charge in [-0.15, -0.1) is 0 Å². The predicted molar refractivity (Wildman–Crippen MR) is 302 cm³/mol. The Kier molecular flexibility index (Phi) is 54.0. The van der Waals surface area contributed by atoms with E-state index in [2.05, 4.69) is 142 Å². The Labute approximate surface area is 431 Å². The number of hydrogen-bond acceptors (Lipinski definition) is 6. The molecule has 0 heterocycles. The van der Waals surface area contributed by atoms with Crippen LogP contribution in [0.15, 0.2) is 122 Å². The van der Waals surface area contributed by atoms with E-state index in [-0.39, 0.29) is 37.5 Å². The Balaban J connectivity index is 4.28. The molecule has 0 spiro atoms. The molecule has 70 heavy (non-hydrogen) atoms. The second-order valence-electron chi connectivity index (χ2n) is 18.5. The van der Waals surface area contributed by atoms with E-state index in [0.717, 1.165) is 103 Å². The van der Waals surface area contributed by atoms with E-state index >= 15 is 0 Å². The van der Waals surface area contributed by atoms with Crippen LogP contribution in [0.25, 0.3) is 0 Å². The molecule has 0 aliphatic rings. The van der Waals surface area contributed by atoms with Gasteiger partial charge in [-0.25, -0.2) is 0 Å². The fourth-order valence-corrected chi connectivity index (χ4v) is 7.44. The number of esters is 3. The van der Waals surface area contributed by atoms with E-state index in [9.17, 15) is 14.4 Å². The smallest absolute Gasteiger partial charge is 0.306 e. The molecule has 0 N–H and O–H groups in total. The van der Waals surface area contributed by atoms with Crippen LogP contribution in [0.4, 0.5) is 0 Å². The molecule has 0 saturated carbocycles. The summed E-state index contributed by atoms with van der Waals surface area (Å²) < 4.78 is 16.7. The molecular weight excluding hydrogens is 865 g/mol. The van der Waals surface area contributed by atoms with Gasteiger partial charge < -0.3 is 14.2 Å². The molecule has 0 radical (unpaired) electrons. The first-order valence-corrected chi connectivity index (χ1v) is 28.5. The summed E-state index contributed by atoms with van der Waals surface area (Å²) in [6.07, 6.45) is 79.4. The fraction of sp³-hybridized carbons (Fsp3) is 0.641. The lowest BCUT2D eigenvalue weighted by Crippen LogP contribution is -2.30. The number of carbonyl (C=O) groups is 3. The van der Waals surface area contributed by atoms with Crippen LogP contribution in [-0.2, 0) is 28.6 Å². The summed E-state index contributed by atoms with van der Waals surface area (Å²) in [5, 5.41) is 0. The summed E-state index contributed by atoms with van der Waals surface area (Å²) in [5.74, 6) is -0.980. The quantitative estimate of drug-likeness (QED) is 0.0262. The van der Waals surface area contributed by atoms with Crippen LogP contribution in [0.2, 0.25) is 0 Å². The van der Waals surface area contributed by atoms with Gasteiger partial charge in [0, 0.05) is 19.3 Å². The van der Waals surface area contributed by atoms with Gasteiger partial charge >= 0.3 is 17.9 Å². The highest BCUT2D eigenvalue weighted by atomic mass is 16.6. The Morgan fingerprint density at radius 3 is 0.943 bits per heavy atom. The van der Waals surface area contributed by atoms with Crippen LogP contribution < -0.4 is 0 Å². The van der Waals surface area contributed by atoms with Crippen molar-refractivity contribution < 1.29 is 28.6 Å². The van der Waals surface area contributed by atoms with Crippen LogP contribution in [0, 0.1) is 0 Å². The third kappa shape index (κ3) is 54.7. The summed E-state index contributed by atoms with van der Waals surface area (Å²) in [7, 11) is 0. The maximum atomic E-state index is 12.8. The zero-order valence-electron chi connectivity index (χ0n) is 45.2. The van der Waals surface area contributed by atoms with Crippen molar-refractivity contribution in [2.24, 2.45) is 0 Å². The van der Waals surface area contributed by atoms with Gasteiger partial charge in [0.15, 0.2) is 6.10 Å². The third-order valence-corrected chi connectivity index (χ3v) is 11.7. The molecule has 0 aliphatic heterocycles. The van der Waals surface area contributed by atoms with Gasteiger partial charge in [0.25, 0.3) is 0 Å². The molecule has 0 saturated heterocycles. The minimum Gasteiger partial charge on any atom is -0.462 e. The van der Waals surface area contributed by atoms with Gasteiger partial charge in [-0.3, -0.25) is 14.4 Å². The number of ether oxygens (including phenoxy) is 3. The molecule has 6 nitrogen and oxygen atoms in total. The Bertz CT molecular complexity index is 1490. The van der Waals surface area contributed by atoms with Crippen molar-refractivity contribution in [2.45, 2.75) is 252 Å². The Hall–Kier alpha value is -4.19. The molecule has 0 fully saturated rings. The second kappa shape index (κ2) is 57.4. The van der Waals surface area contributed by atoms with Crippen molar-refractivity contribution in [1.82, 2.24) is 0 Å². The van der Waals surface area contributed by atoms with Gasteiger partial charge in [-0.1, -0.05) is 239 Å². The zero-order chi connectivity index (χ0) is 50.7. The first-order chi connectivity index (χ1) is 34.5. The molecule has 0 amide bonds. The monoisotopic (exact) mass is 969 g/mol. The SMILES string of the molecule is CC/C=C\C/C=C\C/C=C\C/C=C\C/C=C\C/C=C\C/C=C\C/C=C\C/C=C\CCCC(=O)OCC(COC(=O)CCCCCCCC)OC(=O)CCCCCCCCC/C=C\CCCCCCCC. The second-order valence-corrected chi connectivity index (χ2v) is 18.5. The van der Waals surface area contributed by atoms with Crippen LogP contribution in [0.3, 0.4) is 0 Å². The molecular formula is C64H104O6. The van der Waals surface area contributed by atoms with Gasteiger partial charge in [-0.2, -0.15) is 0 Å². The average Bonchev–Trinajstić information content (AvgIpc) is 3.36. The van der Waals surface area contributed by atoms with Crippen molar-refractivity contribution >= 4 is 17.9 Å². The van der Waals surface area contributed by atoms with Crippen LogP contribution >= 0.6 is 0 Å². The lowest BCUT2D eigenvalue weighted by atomic mass is 10.1. The zero-order valence-corrected chi connectivity index (χ0v) is 45.2. The predicted octanol–water partition coefficient (Wildman–Crippen LogP) is 19.3. The third-order valence-electron chi connectivity index (χ3n) is 11.7. The van der Waals surface area contributed by atoms with Crippen molar-refractivity contribution in [3.8, 4) is 0 Å². The lowest BCUT2D eigenvalue weighted by Gasteiger charge is -2.18. The van der Waals surface area contributed by atoms with Gasteiger partial charge in [0.1, 0.15) is 13.2 Å². The molecule has 6 heteroatoms. The molecule has 0 bridgehead atoms. The van der Waals surface area contributed by atoms with Crippen molar-refractivity contribution in [2.75, 3.05) is 13.2 Å². The molecule has 0 aromatic rings. The van der Waals surface area contributed by atoms with E-state index in [1.807, 2.05) is 0 Å². The highest BCUT2D eigenvalue weighted by molar-refractivity contribution is 5.71. The molecule has 1 unspecified atom stereocenters. The van der Waals surface area contributed by atoms with E-state index in [4.69, 9.17) is 14.2 Å². The molecule has 0 aromatic carbocycles. The molecule has 396 valence electrons. The maximum absolute atomic E-state index is 12.8. The van der Waals surface area contributed by atoms with Gasteiger partial charge in [0.05, 0.1) is 0 Å². The lowest BCUT2D eigenvalue weighted by molar-refractivity contribution is -0.167. The largest absolute Gasteiger partial charge is 0.462 e. The maximum Gasteiger partial charge on any atom is 0.306 e. The average molecular weight is 970 g/mol. The standard InChI is InChI=1S/C64H104O6/c1-4-7-10-13-16-18-20-22-24-26-27-28-29-30-31-32-33-34-35-36-37-39-40-42-44-46-48-51-54-57-63(66)69-60-61(59-68-62(65)56-53-50-15-12-9-6-3)70-64(67)58-55-52-49-47-45-43-41-38-25-23-21-19-17-14-11-8-5-2/h7,10,16,18,22-25,27-28,30-31,33-34,36-37,40,42,46,48,61H,4-6,8-9,11-15,17,19-21,26,29,32,35,38-39,41,43-45,47,49-60H2,1-3H3/b10-7-,18-16-,24-22-,25-23-,28-27-,31-30-,34-33-,37-36-,42-40-,48-46-. The van der Waals surface area contributed by atoms with E-state index in [1.54, 1.807) is 0 Å². The highest BCUT2D eigenvalue weighted by Crippen LogP contribution is 2.14. The fourth-order valence-electron chi connectivity index (χ4n) is 7.44. The summed E-state index contributed by atoms with van der Waals surface area (Å²) in [6.45, 7) is 6.40. The number of rotatable bonds is 50. The summed E-state index contributed by atoms with van der Waals surface area (Å²) in [6, 6.07) is 0. The summed E-state index contributed by atoms with van der Waals surface area (Å²) >= 11 is 0. The first-order valence-electron chi connectivity index (χ1n) is 28.5. The molecule has 0 aromatic heterocycles. The molecule has 1 atom stereocenters. The number of hydrogen-bond donors (Lipinski definition) is 0. The Morgan fingerprint density at radius 2 is 0.571 bits per heavy atom. The molecule has 0 aliphatic carbocycles.